The van der Waals surface area contributed by atoms with Crippen molar-refractivity contribution >= 4 is 0 Å². The van der Waals surface area contributed by atoms with Gasteiger partial charge in [-0.25, -0.2) is 4.39 Å². The monoisotopic (exact) mass is 197 g/mol. The van der Waals surface area contributed by atoms with Gasteiger partial charge in [-0.05, 0) is 24.1 Å². The molecule has 1 aromatic carbocycles. The maximum absolute atomic E-state index is 13.1. The average Bonchev–Trinajstić information content (AvgIpc) is 2.19. The Bertz CT molecular complexity index is 301. The first-order valence-electron chi connectivity index (χ1n) is 4.78. The van der Waals surface area contributed by atoms with Crippen molar-refractivity contribution in [1.82, 2.24) is 0 Å². The van der Waals surface area contributed by atoms with E-state index in [0.717, 1.165) is 18.4 Å². The highest BCUT2D eigenvalue weighted by Gasteiger charge is 2.08. The van der Waals surface area contributed by atoms with E-state index in [9.17, 15) is 4.39 Å². The Kier molecular flexibility index (Phi) is 3.89. The lowest BCUT2D eigenvalue weighted by atomic mass is 10.0. The Morgan fingerprint density at radius 1 is 1.50 bits per heavy atom. The molecule has 0 bridgehead atoms. The van der Waals surface area contributed by atoms with Gasteiger partial charge in [-0.1, -0.05) is 19.4 Å². The van der Waals surface area contributed by atoms with E-state index in [1.54, 1.807) is 12.1 Å². The quantitative estimate of drug-likeness (QED) is 0.805. The summed E-state index contributed by atoms with van der Waals surface area (Å²) in [7, 11) is 1.45. The van der Waals surface area contributed by atoms with Crippen molar-refractivity contribution in [3.8, 4) is 5.75 Å². The van der Waals surface area contributed by atoms with Gasteiger partial charge in [-0.2, -0.15) is 0 Å². The molecule has 0 aliphatic rings. The summed E-state index contributed by atoms with van der Waals surface area (Å²) >= 11 is 0. The van der Waals surface area contributed by atoms with Gasteiger partial charge in [0.2, 0.25) is 0 Å². The lowest BCUT2D eigenvalue weighted by molar-refractivity contribution is 0.385. The second-order valence-electron chi connectivity index (χ2n) is 3.29. The molecule has 0 aliphatic carbocycles. The zero-order valence-corrected chi connectivity index (χ0v) is 8.59. The fourth-order valence-electron chi connectivity index (χ4n) is 1.38. The number of hydrogen-bond donors (Lipinski definition) is 1. The van der Waals surface area contributed by atoms with Gasteiger partial charge in [0.1, 0.15) is 0 Å². The summed E-state index contributed by atoms with van der Waals surface area (Å²) in [6.07, 6.45) is 1.91. The Hall–Kier alpha value is -1.09. The van der Waals surface area contributed by atoms with E-state index in [2.05, 4.69) is 6.92 Å². The molecule has 0 radical (unpaired) electrons. The maximum atomic E-state index is 13.1. The summed E-state index contributed by atoms with van der Waals surface area (Å²) in [6.45, 7) is 2.07. The van der Waals surface area contributed by atoms with E-state index in [1.807, 2.05) is 0 Å². The van der Waals surface area contributed by atoms with Crippen LogP contribution >= 0.6 is 0 Å². The number of methoxy groups -OCH3 is 1. The van der Waals surface area contributed by atoms with Gasteiger partial charge < -0.3 is 10.5 Å². The standard InChI is InChI=1S/C11H16FNO/c1-3-4-10(13)8-5-6-9(12)11(7-8)14-2/h5-7,10H,3-4,13H2,1-2H3/t10-/m1/s1. The van der Waals surface area contributed by atoms with Crippen LogP contribution in [0.15, 0.2) is 18.2 Å². The number of benzene rings is 1. The second kappa shape index (κ2) is 4.96. The second-order valence-corrected chi connectivity index (χ2v) is 3.29. The molecule has 14 heavy (non-hydrogen) atoms. The van der Waals surface area contributed by atoms with Crippen LogP contribution in [-0.4, -0.2) is 7.11 Å². The first-order chi connectivity index (χ1) is 6.69. The maximum Gasteiger partial charge on any atom is 0.165 e. The highest BCUT2D eigenvalue weighted by atomic mass is 19.1. The van der Waals surface area contributed by atoms with E-state index >= 15 is 0 Å². The fourth-order valence-corrected chi connectivity index (χ4v) is 1.38. The zero-order valence-electron chi connectivity index (χ0n) is 8.59. The molecule has 78 valence electrons. The Labute approximate surface area is 83.9 Å². The largest absolute Gasteiger partial charge is 0.494 e. The molecular formula is C11H16FNO. The molecule has 1 rings (SSSR count). The summed E-state index contributed by atoms with van der Waals surface area (Å²) in [6, 6.07) is 4.73. The van der Waals surface area contributed by atoms with E-state index in [0.29, 0.717) is 0 Å². The smallest absolute Gasteiger partial charge is 0.165 e. The van der Waals surface area contributed by atoms with Crippen LogP contribution in [0.1, 0.15) is 31.4 Å². The molecule has 0 fully saturated rings. The summed E-state index contributed by atoms with van der Waals surface area (Å²) in [5.74, 6) is -0.0889. The van der Waals surface area contributed by atoms with Gasteiger partial charge in [0.15, 0.2) is 11.6 Å². The Morgan fingerprint density at radius 2 is 2.21 bits per heavy atom. The van der Waals surface area contributed by atoms with Crippen LogP contribution < -0.4 is 10.5 Å². The van der Waals surface area contributed by atoms with Gasteiger partial charge in [0.25, 0.3) is 0 Å². The van der Waals surface area contributed by atoms with Gasteiger partial charge in [-0.15, -0.1) is 0 Å². The molecule has 0 aliphatic heterocycles. The molecule has 1 atom stereocenters. The lowest BCUT2D eigenvalue weighted by Gasteiger charge is -2.12. The third kappa shape index (κ3) is 2.45. The molecule has 0 saturated carbocycles. The van der Waals surface area contributed by atoms with Crippen LogP contribution in [-0.2, 0) is 0 Å². The van der Waals surface area contributed by atoms with Crippen LogP contribution in [0.4, 0.5) is 4.39 Å². The molecule has 2 N–H and O–H groups in total. The minimum Gasteiger partial charge on any atom is -0.494 e. The van der Waals surface area contributed by atoms with Gasteiger partial charge in [0.05, 0.1) is 7.11 Å². The molecule has 0 amide bonds. The number of nitrogens with two attached hydrogens (primary N) is 1. The molecule has 2 nitrogen and oxygen atoms in total. The summed E-state index contributed by atoms with van der Waals surface area (Å²) in [5, 5.41) is 0. The van der Waals surface area contributed by atoms with Crippen LogP contribution in [0, 0.1) is 5.82 Å². The highest BCUT2D eigenvalue weighted by Crippen LogP contribution is 2.23. The Morgan fingerprint density at radius 3 is 2.79 bits per heavy atom. The predicted octanol–water partition coefficient (Wildman–Crippen LogP) is 2.63. The molecular weight excluding hydrogens is 181 g/mol. The lowest BCUT2D eigenvalue weighted by Crippen LogP contribution is -2.09. The number of halogens is 1. The average molecular weight is 197 g/mol. The van der Waals surface area contributed by atoms with E-state index < -0.39 is 0 Å². The van der Waals surface area contributed by atoms with Crippen molar-refractivity contribution < 1.29 is 9.13 Å². The van der Waals surface area contributed by atoms with Crippen molar-refractivity contribution in [2.24, 2.45) is 5.73 Å². The third-order valence-corrected chi connectivity index (χ3v) is 2.20. The number of hydrogen-bond acceptors (Lipinski definition) is 2. The van der Waals surface area contributed by atoms with Gasteiger partial charge in [0, 0.05) is 6.04 Å². The molecule has 3 heteroatoms. The van der Waals surface area contributed by atoms with E-state index in [-0.39, 0.29) is 17.6 Å². The summed E-state index contributed by atoms with van der Waals surface area (Å²) in [5.41, 5.74) is 6.82. The first-order valence-corrected chi connectivity index (χ1v) is 4.78. The number of ether oxygens (including phenoxy) is 1. The van der Waals surface area contributed by atoms with E-state index in [1.165, 1.54) is 13.2 Å². The molecule has 0 saturated heterocycles. The molecule has 1 aromatic rings. The minimum atomic E-state index is -0.347. The summed E-state index contributed by atoms with van der Waals surface area (Å²) < 4.78 is 17.9. The fraction of sp³-hybridized carbons (Fsp3) is 0.455. The molecule has 0 unspecified atom stereocenters. The van der Waals surface area contributed by atoms with Crippen molar-refractivity contribution in [1.29, 1.82) is 0 Å². The van der Waals surface area contributed by atoms with Crippen LogP contribution in [0.2, 0.25) is 0 Å². The topological polar surface area (TPSA) is 35.2 Å². The minimum absolute atomic E-state index is 0.0329. The third-order valence-electron chi connectivity index (χ3n) is 2.20. The van der Waals surface area contributed by atoms with Crippen molar-refractivity contribution in [2.75, 3.05) is 7.11 Å². The Balaban J connectivity index is 2.88. The number of rotatable bonds is 4. The van der Waals surface area contributed by atoms with Crippen molar-refractivity contribution in [3.63, 3.8) is 0 Å². The van der Waals surface area contributed by atoms with Crippen LogP contribution in [0.25, 0.3) is 0 Å². The van der Waals surface area contributed by atoms with Crippen molar-refractivity contribution in [3.05, 3.63) is 29.6 Å². The predicted molar refractivity (Wildman–Crippen MR) is 54.8 cm³/mol. The van der Waals surface area contributed by atoms with Gasteiger partial charge in [-0.3, -0.25) is 0 Å². The molecule has 0 spiro atoms. The van der Waals surface area contributed by atoms with Crippen molar-refractivity contribution in [2.45, 2.75) is 25.8 Å². The zero-order chi connectivity index (χ0) is 10.6. The highest BCUT2D eigenvalue weighted by molar-refractivity contribution is 5.31. The molecule has 0 aromatic heterocycles. The van der Waals surface area contributed by atoms with E-state index in [4.69, 9.17) is 10.5 Å². The normalized spacial score (nSPS) is 12.6. The summed E-state index contributed by atoms with van der Waals surface area (Å²) in [4.78, 5) is 0. The van der Waals surface area contributed by atoms with Gasteiger partial charge >= 0.3 is 0 Å². The van der Waals surface area contributed by atoms with Crippen LogP contribution in [0.5, 0.6) is 5.75 Å². The molecule has 0 heterocycles. The first kappa shape index (κ1) is 11.0. The van der Waals surface area contributed by atoms with Crippen LogP contribution in [0.3, 0.4) is 0 Å². The SMILES string of the molecule is CCC[C@@H](N)c1ccc(F)c(OC)c1.